The Hall–Kier alpha value is -0.680. The molecule has 18 heavy (non-hydrogen) atoms. The van der Waals surface area contributed by atoms with Crippen LogP contribution in [0.5, 0.6) is 0 Å². The Morgan fingerprint density at radius 2 is 2.11 bits per heavy atom. The van der Waals surface area contributed by atoms with Crippen LogP contribution in [0.25, 0.3) is 0 Å². The Labute approximate surface area is 114 Å². The molecule has 1 atom stereocenters. The summed E-state index contributed by atoms with van der Waals surface area (Å²) in [5.74, 6) is 2.39. The number of hydrogen-bond acceptors (Lipinski definition) is 5. The van der Waals surface area contributed by atoms with E-state index >= 15 is 0 Å². The van der Waals surface area contributed by atoms with Crippen molar-refractivity contribution in [3.8, 4) is 0 Å². The number of hydrogen-bond donors (Lipinski definition) is 1. The Bertz CT molecular complexity index is 361. The third-order valence-electron chi connectivity index (χ3n) is 3.05. The lowest BCUT2D eigenvalue weighted by Gasteiger charge is -2.23. The van der Waals surface area contributed by atoms with Crippen molar-refractivity contribution in [1.29, 1.82) is 0 Å². The Balaban J connectivity index is 1.92. The highest BCUT2D eigenvalue weighted by Gasteiger charge is 2.28. The van der Waals surface area contributed by atoms with Gasteiger partial charge < -0.3 is 10.2 Å². The lowest BCUT2D eigenvalue weighted by Crippen LogP contribution is -2.33. The van der Waals surface area contributed by atoms with Gasteiger partial charge in [0.2, 0.25) is 5.13 Å². The van der Waals surface area contributed by atoms with Crippen LogP contribution in [-0.4, -0.2) is 40.9 Å². The summed E-state index contributed by atoms with van der Waals surface area (Å²) >= 11 is 1.51. The second kappa shape index (κ2) is 5.97. The fraction of sp³-hybridized carbons (Fsp3) is 0.846. The van der Waals surface area contributed by atoms with E-state index in [0.29, 0.717) is 17.9 Å². The SMILES string of the molecule is CC(C)CC(CN(C)C)Nc1nc(C2CC2)ns1. The summed E-state index contributed by atoms with van der Waals surface area (Å²) in [5.41, 5.74) is 0. The van der Waals surface area contributed by atoms with Gasteiger partial charge in [0, 0.05) is 30.0 Å². The van der Waals surface area contributed by atoms with Crippen LogP contribution in [-0.2, 0) is 0 Å². The Kier molecular flexibility index (Phi) is 4.56. The summed E-state index contributed by atoms with van der Waals surface area (Å²) in [6, 6.07) is 0.458. The molecule has 1 N–H and O–H groups in total. The molecule has 1 heterocycles. The van der Waals surface area contributed by atoms with E-state index in [-0.39, 0.29) is 0 Å². The molecule has 0 saturated heterocycles. The summed E-state index contributed by atoms with van der Waals surface area (Å²) in [5, 5.41) is 4.54. The molecule has 0 spiro atoms. The van der Waals surface area contributed by atoms with Crippen LogP contribution in [0.4, 0.5) is 5.13 Å². The van der Waals surface area contributed by atoms with Crippen LogP contribution in [0, 0.1) is 5.92 Å². The summed E-state index contributed by atoms with van der Waals surface area (Å²) < 4.78 is 4.44. The van der Waals surface area contributed by atoms with E-state index in [1.54, 1.807) is 0 Å². The Morgan fingerprint density at radius 1 is 1.39 bits per heavy atom. The van der Waals surface area contributed by atoms with Gasteiger partial charge in [-0.1, -0.05) is 13.8 Å². The van der Waals surface area contributed by atoms with Crippen LogP contribution >= 0.6 is 11.5 Å². The normalized spacial score (nSPS) is 17.4. The smallest absolute Gasteiger partial charge is 0.202 e. The van der Waals surface area contributed by atoms with E-state index in [4.69, 9.17) is 0 Å². The number of rotatable bonds is 7. The highest BCUT2D eigenvalue weighted by atomic mass is 32.1. The number of aromatic nitrogens is 2. The second-order valence-corrected chi connectivity index (χ2v) is 6.72. The molecule has 2 rings (SSSR count). The molecule has 4 nitrogen and oxygen atoms in total. The zero-order valence-electron chi connectivity index (χ0n) is 11.8. The maximum Gasteiger partial charge on any atom is 0.202 e. The molecule has 0 bridgehead atoms. The molecule has 1 fully saturated rings. The molecule has 1 aliphatic rings. The average Bonchev–Trinajstić information content (AvgIpc) is 2.98. The molecule has 1 saturated carbocycles. The van der Waals surface area contributed by atoms with Crippen molar-refractivity contribution in [2.45, 2.75) is 45.1 Å². The van der Waals surface area contributed by atoms with Gasteiger partial charge in [0.15, 0.2) is 0 Å². The highest BCUT2D eigenvalue weighted by molar-refractivity contribution is 7.09. The first-order valence-electron chi connectivity index (χ1n) is 6.79. The Morgan fingerprint density at radius 3 is 2.67 bits per heavy atom. The van der Waals surface area contributed by atoms with Gasteiger partial charge in [-0.3, -0.25) is 0 Å². The van der Waals surface area contributed by atoms with Crippen molar-refractivity contribution >= 4 is 16.7 Å². The van der Waals surface area contributed by atoms with Gasteiger partial charge in [0.05, 0.1) is 0 Å². The third-order valence-corrected chi connectivity index (χ3v) is 3.71. The number of nitrogens with one attached hydrogen (secondary N) is 1. The first-order chi connectivity index (χ1) is 8.54. The lowest BCUT2D eigenvalue weighted by molar-refractivity contribution is 0.356. The van der Waals surface area contributed by atoms with Crippen molar-refractivity contribution < 1.29 is 0 Å². The number of anilines is 1. The molecular weight excluding hydrogens is 244 g/mol. The molecule has 102 valence electrons. The van der Waals surface area contributed by atoms with Crippen LogP contribution in [0.2, 0.25) is 0 Å². The second-order valence-electron chi connectivity index (χ2n) is 5.97. The fourth-order valence-electron chi connectivity index (χ4n) is 2.16. The molecule has 0 aromatic carbocycles. The molecule has 1 aliphatic carbocycles. The number of likely N-dealkylation sites (N-methyl/N-ethyl adjacent to an activating group) is 1. The molecule has 1 aromatic heterocycles. The van der Waals surface area contributed by atoms with Crippen molar-refractivity contribution in [2.24, 2.45) is 5.92 Å². The minimum absolute atomic E-state index is 0.458. The van der Waals surface area contributed by atoms with E-state index in [1.807, 2.05) is 0 Å². The van der Waals surface area contributed by atoms with Crippen LogP contribution in [0.3, 0.4) is 0 Å². The van der Waals surface area contributed by atoms with Gasteiger partial charge in [-0.2, -0.15) is 4.37 Å². The van der Waals surface area contributed by atoms with Gasteiger partial charge in [-0.15, -0.1) is 0 Å². The molecule has 5 heteroatoms. The summed E-state index contributed by atoms with van der Waals surface area (Å²) in [4.78, 5) is 6.83. The van der Waals surface area contributed by atoms with Gasteiger partial charge in [-0.05, 0) is 39.3 Å². The van der Waals surface area contributed by atoms with E-state index in [0.717, 1.165) is 23.9 Å². The highest BCUT2D eigenvalue weighted by Crippen LogP contribution is 2.39. The molecule has 0 aliphatic heterocycles. The largest absolute Gasteiger partial charge is 0.356 e. The fourth-order valence-corrected chi connectivity index (χ4v) is 2.89. The predicted molar refractivity (Wildman–Crippen MR) is 77.3 cm³/mol. The van der Waals surface area contributed by atoms with Gasteiger partial charge in [0.1, 0.15) is 5.82 Å². The van der Waals surface area contributed by atoms with Crippen LogP contribution in [0.15, 0.2) is 0 Å². The zero-order chi connectivity index (χ0) is 13.1. The maximum absolute atomic E-state index is 4.60. The monoisotopic (exact) mass is 268 g/mol. The van der Waals surface area contributed by atoms with E-state index in [2.05, 4.69) is 47.5 Å². The minimum Gasteiger partial charge on any atom is -0.356 e. The predicted octanol–water partition coefficient (Wildman–Crippen LogP) is 2.80. The average molecular weight is 268 g/mol. The summed E-state index contributed by atoms with van der Waals surface area (Å²) in [6.07, 6.45) is 3.70. The van der Waals surface area contributed by atoms with Crippen LogP contribution < -0.4 is 5.32 Å². The van der Waals surface area contributed by atoms with Crippen molar-refractivity contribution in [1.82, 2.24) is 14.3 Å². The van der Waals surface area contributed by atoms with Crippen molar-refractivity contribution in [3.63, 3.8) is 0 Å². The molecular formula is C13H24N4S. The van der Waals surface area contributed by atoms with Crippen LogP contribution in [0.1, 0.15) is 44.9 Å². The molecule has 0 amide bonds. The summed E-state index contributed by atoms with van der Waals surface area (Å²) in [6.45, 7) is 5.57. The van der Waals surface area contributed by atoms with E-state index in [1.165, 1.54) is 24.4 Å². The quantitative estimate of drug-likeness (QED) is 0.825. The van der Waals surface area contributed by atoms with Gasteiger partial charge in [0.25, 0.3) is 0 Å². The maximum atomic E-state index is 4.60. The first-order valence-corrected chi connectivity index (χ1v) is 7.56. The third kappa shape index (κ3) is 4.21. The molecule has 1 aromatic rings. The first kappa shape index (κ1) is 13.7. The summed E-state index contributed by atoms with van der Waals surface area (Å²) in [7, 11) is 4.23. The van der Waals surface area contributed by atoms with Crippen molar-refractivity contribution in [3.05, 3.63) is 5.82 Å². The van der Waals surface area contributed by atoms with Gasteiger partial charge >= 0.3 is 0 Å². The van der Waals surface area contributed by atoms with E-state index in [9.17, 15) is 0 Å². The molecule has 0 radical (unpaired) electrons. The molecule has 1 unspecified atom stereocenters. The van der Waals surface area contributed by atoms with Gasteiger partial charge in [-0.25, -0.2) is 4.98 Å². The zero-order valence-corrected chi connectivity index (χ0v) is 12.6. The van der Waals surface area contributed by atoms with Crippen molar-refractivity contribution in [2.75, 3.05) is 26.0 Å². The topological polar surface area (TPSA) is 41.0 Å². The number of nitrogens with zero attached hydrogens (tertiary/aromatic N) is 3. The lowest BCUT2D eigenvalue weighted by atomic mass is 10.0. The van der Waals surface area contributed by atoms with E-state index < -0.39 is 0 Å². The minimum atomic E-state index is 0.458. The standard InChI is InChI=1S/C13H24N4S/c1-9(2)7-11(8-17(3)4)14-13-15-12(16-18-13)10-5-6-10/h9-11H,5-8H2,1-4H3,(H,14,15,16).